The first kappa shape index (κ1) is 11.3. The van der Waals surface area contributed by atoms with Crippen LogP contribution in [0.3, 0.4) is 0 Å². The Morgan fingerprint density at radius 3 is 2.33 bits per heavy atom. The summed E-state index contributed by atoms with van der Waals surface area (Å²) in [4.78, 5) is 13.1. The van der Waals surface area contributed by atoms with Gasteiger partial charge in [0.15, 0.2) is 0 Å². The van der Waals surface area contributed by atoms with Crippen LogP contribution in [0, 0.1) is 6.92 Å². The van der Waals surface area contributed by atoms with Gasteiger partial charge in [-0.1, -0.05) is 31.2 Å². The van der Waals surface area contributed by atoms with Crippen molar-refractivity contribution >= 4 is 11.6 Å². The van der Waals surface area contributed by atoms with Crippen molar-refractivity contribution in [1.29, 1.82) is 0 Å². The largest absolute Gasteiger partial charge is 0.385 e. The van der Waals surface area contributed by atoms with Crippen LogP contribution in [0.25, 0.3) is 0 Å². The molecular formula is C12H16N2O. The lowest BCUT2D eigenvalue weighted by molar-refractivity contribution is -0.117. The molecule has 0 heterocycles. The first-order valence-corrected chi connectivity index (χ1v) is 4.90. The molecule has 0 aliphatic rings. The predicted molar refractivity (Wildman–Crippen MR) is 62.3 cm³/mol. The fraction of sp³-hybridized carbons (Fsp3) is 0.250. The lowest BCUT2D eigenvalue weighted by Crippen LogP contribution is -2.32. The van der Waals surface area contributed by atoms with E-state index in [4.69, 9.17) is 5.73 Å². The Bertz CT molecular complexity index is 368. The van der Waals surface area contributed by atoms with Gasteiger partial charge in [0.1, 0.15) is 5.82 Å². The van der Waals surface area contributed by atoms with Crippen molar-refractivity contribution in [3.05, 3.63) is 42.2 Å². The van der Waals surface area contributed by atoms with Crippen LogP contribution in [0.1, 0.15) is 18.9 Å². The van der Waals surface area contributed by atoms with Crippen molar-refractivity contribution in [2.75, 3.05) is 4.90 Å². The van der Waals surface area contributed by atoms with E-state index in [1.54, 1.807) is 6.92 Å². The Hall–Kier alpha value is -1.77. The maximum Gasteiger partial charge on any atom is 0.232 e. The van der Waals surface area contributed by atoms with E-state index in [1.165, 1.54) is 4.90 Å². The van der Waals surface area contributed by atoms with E-state index in [9.17, 15) is 4.79 Å². The zero-order chi connectivity index (χ0) is 11.4. The van der Waals surface area contributed by atoms with Gasteiger partial charge >= 0.3 is 0 Å². The van der Waals surface area contributed by atoms with Crippen LogP contribution in [-0.2, 0) is 4.79 Å². The molecule has 0 saturated heterocycles. The van der Waals surface area contributed by atoms with Gasteiger partial charge in [0.25, 0.3) is 0 Å². The number of amides is 1. The number of carbonyl (C=O) groups excluding carboxylic acids is 1. The van der Waals surface area contributed by atoms with Crippen LogP contribution in [0.2, 0.25) is 0 Å². The van der Waals surface area contributed by atoms with Crippen LogP contribution >= 0.6 is 0 Å². The summed E-state index contributed by atoms with van der Waals surface area (Å²) >= 11 is 0. The summed E-state index contributed by atoms with van der Waals surface area (Å²) in [7, 11) is 0. The Balaban J connectivity index is 3.04. The third kappa shape index (κ3) is 2.59. The van der Waals surface area contributed by atoms with Crippen LogP contribution in [-0.4, -0.2) is 5.91 Å². The lowest BCUT2D eigenvalue weighted by atomic mass is 10.2. The highest BCUT2D eigenvalue weighted by Crippen LogP contribution is 2.18. The molecule has 15 heavy (non-hydrogen) atoms. The Morgan fingerprint density at radius 2 is 1.93 bits per heavy atom. The summed E-state index contributed by atoms with van der Waals surface area (Å²) in [5.41, 5.74) is 7.50. The van der Waals surface area contributed by atoms with E-state index < -0.39 is 0 Å². The smallest absolute Gasteiger partial charge is 0.232 e. The molecule has 3 nitrogen and oxygen atoms in total. The van der Waals surface area contributed by atoms with Gasteiger partial charge in [-0.2, -0.15) is 0 Å². The zero-order valence-electron chi connectivity index (χ0n) is 9.16. The van der Waals surface area contributed by atoms with E-state index in [0.717, 1.165) is 11.3 Å². The van der Waals surface area contributed by atoms with E-state index in [-0.39, 0.29) is 11.7 Å². The number of aryl methyl sites for hydroxylation is 1. The molecule has 1 aromatic rings. The average molecular weight is 204 g/mol. The second-order valence-electron chi connectivity index (χ2n) is 3.41. The van der Waals surface area contributed by atoms with Crippen molar-refractivity contribution in [3.63, 3.8) is 0 Å². The summed E-state index contributed by atoms with van der Waals surface area (Å²) in [6, 6.07) is 7.60. The van der Waals surface area contributed by atoms with Crippen LogP contribution < -0.4 is 10.6 Å². The standard InChI is InChI=1S/C12H16N2O/c1-4-12(15)14(10(3)13)11-7-5-9(2)6-8-11/h5-8H,3-4,13H2,1-2H3. The first-order chi connectivity index (χ1) is 7.06. The van der Waals surface area contributed by atoms with Gasteiger partial charge in [0, 0.05) is 6.42 Å². The van der Waals surface area contributed by atoms with Gasteiger partial charge in [-0.05, 0) is 19.1 Å². The molecule has 0 unspecified atom stereocenters. The molecule has 0 fully saturated rings. The number of hydrogen-bond donors (Lipinski definition) is 1. The SMILES string of the molecule is C=C(N)N(C(=O)CC)c1ccc(C)cc1. The summed E-state index contributed by atoms with van der Waals surface area (Å²) in [6.07, 6.45) is 0.407. The molecule has 1 rings (SSSR count). The first-order valence-electron chi connectivity index (χ1n) is 4.90. The predicted octanol–water partition coefficient (Wildman–Crippen LogP) is 2.17. The van der Waals surface area contributed by atoms with Gasteiger partial charge < -0.3 is 5.73 Å². The summed E-state index contributed by atoms with van der Waals surface area (Å²) in [6.45, 7) is 7.40. The second-order valence-corrected chi connectivity index (χ2v) is 3.41. The third-order valence-corrected chi connectivity index (χ3v) is 2.13. The Morgan fingerprint density at radius 1 is 1.40 bits per heavy atom. The van der Waals surface area contributed by atoms with Gasteiger partial charge in [-0.25, -0.2) is 0 Å². The third-order valence-electron chi connectivity index (χ3n) is 2.13. The number of nitrogens with zero attached hydrogens (tertiary/aromatic N) is 1. The van der Waals surface area contributed by atoms with E-state index in [0.29, 0.717) is 6.42 Å². The minimum absolute atomic E-state index is 0.0497. The molecule has 1 aromatic carbocycles. The van der Waals surface area contributed by atoms with Gasteiger partial charge in [-0.15, -0.1) is 0 Å². The molecular weight excluding hydrogens is 188 g/mol. The molecule has 0 bridgehead atoms. The number of anilines is 1. The number of rotatable bonds is 3. The molecule has 3 heteroatoms. The summed E-state index contributed by atoms with van der Waals surface area (Å²) < 4.78 is 0. The monoisotopic (exact) mass is 204 g/mol. The molecule has 0 aromatic heterocycles. The highest BCUT2D eigenvalue weighted by molar-refractivity contribution is 5.95. The van der Waals surface area contributed by atoms with E-state index in [2.05, 4.69) is 6.58 Å². The fourth-order valence-electron chi connectivity index (χ4n) is 1.32. The fourth-order valence-corrected chi connectivity index (χ4v) is 1.32. The number of nitrogens with two attached hydrogens (primary N) is 1. The summed E-state index contributed by atoms with van der Waals surface area (Å²) in [5, 5.41) is 0. The Kier molecular flexibility index (Phi) is 3.50. The molecule has 0 saturated carbocycles. The normalized spacial score (nSPS) is 9.73. The molecule has 0 atom stereocenters. The molecule has 0 spiro atoms. The Labute approximate surface area is 90.2 Å². The molecule has 0 radical (unpaired) electrons. The maximum atomic E-state index is 11.6. The topological polar surface area (TPSA) is 46.3 Å². The van der Waals surface area contributed by atoms with Crippen molar-refractivity contribution in [2.24, 2.45) is 5.73 Å². The number of carbonyl (C=O) groups is 1. The van der Waals surface area contributed by atoms with Gasteiger partial charge in [0.05, 0.1) is 5.69 Å². The molecule has 1 amide bonds. The van der Waals surface area contributed by atoms with Crippen LogP contribution in [0.5, 0.6) is 0 Å². The van der Waals surface area contributed by atoms with Crippen molar-refractivity contribution < 1.29 is 4.79 Å². The van der Waals surface area contributed by atoms with Crippen molar-refractivity contribution in [2.45, 2.75) is 20.3 Å². The lowest BCUT2D eigenvalue weighted by Gasteiger charge is -2.21. The minimum atomic E-state index is -0.0497. The average Bonchev–Trinajstić information content (AvgIpc) is 2.20. The van der Waals surface area contributed by atoms with Crippen molar-refractivity contribution in [1.82, 2.24) is 0 Å². The van der Waals surface area contributed by atoms with Gasteiger partial charge in [0.2, 0.25) is 5.91 Å². The molecule has 80 valence electrons. The van der Waals surface area contributed by atoms with Gasteiger partial charge in [-0.3, -0.25) is 9.69 Å². The number of benzene rings is 1. The quantitative estimate of drug-likeness (QED) is 0.820. The minimum Gasteiger partial charge on any atom is -0.385 e. The van der Waals surface area contributed by atoms with Crippen molar-refractivity contribution in [3.8, 4) is 0 Å². The van der Waals surface area contributed by atoms with Crippen LogP contribution in [0.15, 0.2) is 36.7 Å². The second kappa shape index (κ2) is 4.64. The highest BCUT2D eigenvalue weighted by atomic mass is 16.2. The number of hydrogen-bond acceptors (Lipinski definition) is 2. The van der Waals surface area contributed by atoms with E-state index >= 15 is 0 Å². The van der Waals surface area contributed by atoms with Crippen LogP contribution in [0.4, 0.5) is 5.69 Å². The van der Waals surface area contributed by atoms with E-state index in [1.807, 2.05) is 31.2 Å². The zero-order valence-corrected chi connectivity index (χ0v) is 9.16. The maximum absolute atomic E-state index is 11.6. The molecule has 2 N–H and O–H groups in total. The highest BCUT2D eigenvalue weighted by Gasteiger charge is 2.14. The summed E-state index contributed by atoms with van der Waals surface area (Å²) in [5.74, 6) is 0.206. The molecule has 0 aliphatic carbocycles. The molecule has 0 aliphatic heterocycles.